The molecular formula is C13H18Cl2FNO. The minimum atomic E-state index is -0.395. The SMILES string of the molecule is CC(N)Cc1cc(F)c(OCC2CC2)c(Cl)c1.Cl. The Bertz CT molecular complexity index is 385. The van der Waals surface area contributed by atoms with Crippen LogP contribution < -0.4 is 10.5 Å². The third-order valence-corrected chi connectivity index (χ3v) is 3.06. The molecule has 5 heteroatoms. The van der Waals surface area contributed by atoms with Gasteiger partial charge in [-0.3, -0.25) is 0 Å². The number of nitrogens with two attached hydrogens (primary N) is 1. The lowest BCUT2D eigenvalue weighted by Crippen LogP contribution is -2.17. The molecule has 2 nitrogen and oxygen atoms in total. The molecule has 0 heterocycles. The maximum atomic E-state index is 13.8. The van der Waals surface area contributed by atoms with Crippen LogP contribution in [0.25, 0.3) is 0 Å². The molecule has 0 amide bonds. The van der Waals surface area contributed by atoms with E-state index in [1.54, 1.807) is 6.07 Å². The summed E-state index contributed by atoms with van der Waals surface area (Å²) < 4.78 is 19.2. The zero-order valence-electron chi connectivity index (χ0n) is 10.3. The normalized spacial score (nSPS) is 16.0. The van der Waals surface area contributed by atoms with Crippen LogP contribution in [0.15, 0.2) is 12.1 Å². The van der Waals surface area contributed by atoms with Crippen LogP contribution in [0.3, 0.4) is 0 Å². The number of benzene rings is 1. The van der Waals surface area contributed by atoms with Crippen molar-refractivity contribution in [1.82, 2.24) is 0 Å². The van der Waals surface area contributed by atoms with Gasteiger partial charge >= 0.3 is 0 Å². The van der Waals surface area contributed by atoms with Gasteiger partial charge in [-0.2, -0.15) is 0 Å². The van der Waals surface area contributed by atoms with E-state index >= 15 is 0 Å². The summed E-state index contributed by atoms with van der Waals surface area (Å²) in [5, 5.41) is 0.335. The Morgan fingerprint density at radius 3 is 2.67 bits per heavy atom. The van der Waals surface area contributed by atoms with Crippen molar-refractivity contribution in [1.29, 1.82) is 0 Å². The van der Waals surface area contributed by atoms with E-state index in [1.165, 1.54) is 18.9 Å². The number of hydrogen-bond acceptors (Lipinski definition) is 2. The lowest BCUT2D eigenvalue weighted by molar-refractivity contribution is 0.285. The lowest BCUT2D eigenvalue weighted by atomic mass is 10.1. The van der Waals surface area contributed by atoms with Crippen LogP contribution in [0.5, 0.6) is 5.75 Å². The van der Waals surface area contributed by atoms with Crippen molar-refractivity contribution in [2.24, 2.45) is 11.7 Å². The van der Waals surface area contributed by atoms with Gasteiger partial charge in [0.25, 0.3) is 0 Å². The molecule has 1 aromatic rings. The highest BCUT2D eigenvalue weighted by molar-refractivity contribution is 6.32. The summed E-state index contributed by atoms with van der Waals surface area (Å²) in [7, 11) is 0. The van der Waals surface area contributed by atoms with Gasteiger partial charge in [-0.1, -0.05) is 11.6 Å². The average Bonchev–Trinajstić information content (AvgIpc) is 2.98. The molecule has 0 saturated heterocycles. The molecule has 2 N–H and O–H groups in total. The monoisotopic (exact) mass is 293 g/mol. The molecule has 102 valence electrons. The molecule has 1 saturated carbocycles. The van der Waals surface area contributed by atoms with Crippen molar-refractivity contribution in [3.63, 3.8) is 0 Å². The fourth-order valence-corrected chi connectivity index (χ4v) is 2.01. The van der Waals surface area contributed by atoms with Gasteiger partial charge in [0, 0.05) is 6.04 Å². The van der Waals surface area contributed by atoms with E-state index in [2.05, 4.69) is 0 Å². The topological polar surface area (TPSA) is 35.2 Å². The molecule has 0 aromatic heterocycles. The van der Waals surface area contributed by atoms with E-state index in [0.29, 0.717) is 24.0 Å². The van der Waals surface area contributed by atoms with Gasteiger partial charge in [-0.15, -0.1) is 12.4 Å². The van der Waals surface area contributed by atoms with Crippen LogP contribution in [0.2, 0.25) is 5.02 Å². The summed E-state index contributed by atoms with van der Waals surface area (Å²) in [6.45, 7) is 2.44. The molecule has 1 fully saturated rings. The van der Waals surface area contributed by atoms with E-state index < -0.39 is 5.82 Å². The molecule has 1 unspecified atom stereocenters. The van der Waals surface area contributed by atoms with E-state index in [9.17, 15) is 4.39 Å². The summed E-state index contributed by atoms with van der Waals surface area (Å²) in [6, 6.07) is 3.18. The van der Waals surface area contributed by atoms with Gasteiger partial charge < -0.3 is 10.5 Å². The van der Waals surface area contributed by atoms with E-state index in [-0.39, 0.29) is 24.2 Å². The minimum Gasteiger partial charge on any atom is -0.489 e. The Morgan fingerprint density at radius 1 is 1.50 bits per heavy atom. The minimum absolute atomic E-state index is 0. The van der Waals surface area contributed by atoms with Crippen molar-refractivity contribution < 1.29 is 9.13 Å². The van der Waals surface area contributed by atoms with Crippen LogP contribution in [0.4, 0.5) is 4.39 Å². The van der Waals surface area contributed by atoms with E-state index in [0.717, 1.165) is 5.56 Å². The number of ether oxygens (including phenoxy) is 1. The fraction of sp³-hybridized carbons (Fsp3) is 0.538. The first-order valence-corrected chi connectivity index (χ1v) is 6.30. The highest BCUT2D eigenvalue weighted by Crippen LogP contribution is 2.33. The van der Waals surface area contributed by atoms with Crippen molar-refractivity contribution >= 4 is 24.0 Å². The predicted molar refractivity (Wildman–Crippen MR) is 74.2 cm³/mol. The van der Waals surface area contributed by atoms with Gasteiger partial charge in [0.05, 0.1) is 11.6 Å². The molecule has 1 atom stereocenters. The van der Waals surface area contributed by atoms with Gasteiger partial charge in [-0.25, -0.2) is 4.39 Å². The molecule has 0 bridgehead atoms. The Kier molecular flexibility index (Phi) is 5.70. The van der Waals surface area contributed by atoms with Crippen LogP contribution in [0.1, 0.15) is 25.3 Å². The largest absolute Gasteiger partial charge is 0.489 e. The molecular weight excluding hydrogens is 276 g/mol. The van der Waals surface area contributed by atoms with Crippen LogP contribution in [-0.4, -0.2) is 12.6 Å². The average molecular weight is 294 g/mol. The summed E-state index contributed by atoms with van der Waals surface area (Å²) in [4.78, 5) is 0. The van der Waals surface area contributed by atoms with Gasteiger partial charge in [-0.05, 0) is 49.8 Å². The third-order valence-electron chi connectivity index (χ3n) is 2.78. The zero-order valence-corrected chi connectivity index (χ0v) is 11.9. The summed E-state index contributed by atoms with van der Waals surface area (Å²) in [5.74, 6) is 0.356. The highest BCUT2D eigenvalue weighted by Gasteiger charge is 2.23. The van der Waals surface area contributed by atoms with Crippen LogP contribution in [-0.2, 0) is 6.42 Å². The summed E-state index contributed by atoms with van der Waals surface area (Å²) in [5.41, 5.74) is 6.48. The lowest BCUT2D eigenvalue weighted by Gasteiger charge is -2.11. The second-order valence-corrected chi connectivity index (χ2v) is 5.23. The second-order valence-electron chi connectivity index (χ2n) is 4.82. The number of halogens is 3. The quantitative estimate of drug-likeness (QED) is 0.901. The molecule has 18 heavy (non-hydrogen) atoms. The van der Waals surface area contributed by atoms with Gasteiger partial charge in [0.2, 0.25) is 0 Å². The summed E-state index contributed by atoms with van der Waals surface area (Å²) in [6.07, 6.45) is 2.95. The van der Waals surface area contributed by atoms with Crippen molar-refractivity contribution in [3.8, 4) is 5.75 Å². The highest BCUT2D eigenvalue weighted by atomic mass is 35.5. The van der Waals surface area contributed by atoms with E-state index in [1.807, 2.05) is 6.92 Å². The first-order chi connectivity index (χ1) is 8.06. The Hall–Kier alpha value is -0.510. The van der Waals surface area contributed by atoms with Crippen molar-refractivity contribution in [2.75, 3.05) is 6.61 Å². The first-order valence-electron chi connectivity index (χ1n) is 5.92. The molecule has 1 aromatic carbocycles. The fourth-order valence-electron chi connectivity index (χ4n) is 1.73. The number of hydrogen-bond donors (Lipinski definition) is 1. The third kappa shape index (κ3) is 4.30. The number of rotatable bonds is 5. The predicted octanol–water partition coefficient (Wildman–Crippen LogP) is 3.58. The second kappa shape index (κ2) is 6.60. The molecule has 0 spiro atoms. The van der Waals surface area contributed by atoms with Crippen molar-refractivity contribution in [3.05, 3.63) is 28.5 Å². The first kappa shape index (κ1) is 15.5. The summed E-state index contributed by atoms with van der Waals surface area (Å²) >= 11 is 6.02. The Morgan fingerprint density at radius 2 is 2.17 bits per heavy atom. The van der Waals surface area contributed by atoms with Crippen LogP contribution >= 0.6 is 24.0 Å². The maximum absolute atomic E-state index is 13.8. The molecule has 0 aliphatic heterocycles. The van der Waals surface area contributed by atoms with Crippen molar-refractivity contribution in [2.45, 2.75) is 32.2 Å². The maximum Gasteiger partial charge on any atom is 0.173 e. The molecule has 2 rings (SSSR count). The molecule has 1 aliphatic carbocycles. The van der Waals surface area contributed by atoms with E-state index in [4.69, 9.17) is 22.1 Å². The zero-order chi connectivity index (χ0) is 12.4. The standard InChI is InChI=1S/C13H17ClFNO.ClH/c1-8(16)4-10-5-11(14)13(12(15)6-10)17-7-9-2-3-9;/h5-6,8-9H,2-4,7,16H2,1H3;1H. The van der Waals surface area contributed by atoms with Crippen LogP contribution in [0, 0.1) is 11.7 Å². The Labute approximate surface area is 118 Å². The van der Waals surface area contributed by atoms with Gasteiger partial charge in [0.15, 0.2) is 11.6 Å². The van der Waals surface area contributed by atoms with Gasteiger partial charge in [0.1, 0.15) is 0 Å². The Balaban J connectivity index is 0.00000162. The molecule has 0 radical (unpaired) electrons. The smallest absolute Gasteiger partial charge is 0.173 e. The molecule has 1 aliphatic rings.